The van der Waals surface area contributed by atoms with Crippen molar-refractivity contribution in [3.8, 4) is 0 Å². The fraction of sp³-hybridized carbons (Fsp3) is 0.333. The summed E-state index contributed by atoms with van der Waals surface area (Å²) in [5.74, 6) is -0.534. The van der Waals surface area contributed by atoms with Gasteiger partial charge in [0.2, 0.25) is 0 Å². The van der Waals surface area contributed by atoms with Crippen LogP contribution in [0.25, 0.3) is 0 Å². The van der Waals surface area contributed by atoms with E-state index >= 15 is 0 Å². The number of benzene rings is 1. The second-order valence-corrected chi connectivity index (χ2v) is 3.62. The lowest BCUT2D eigenvalue weighted by molar-refractivity contribution is 0.0258. The summed E-state index contributed by atoms with van der Waals surface area (Å²) in [4.78, 5) is 24.8. The van der Waals surface area contributed by atoms with Crippen molar-refractivity contribution in [2.75, 3.05) is 13.3 Å². The molecule has 0 aromatic heterocycles. The molecule has 1 aromatic carbocycles. The number of carbonyl (C=O) groups is 2. The molecule has 16 heavy (non-hydrogen) atoms. The second-order valence-electron chi connectivity index (χ2n) is 3.62. The lowest BCUT2D eigenvalue weighted by Crippen LogP contribution is -2.32. The minimum absolute atomic E-state index is 0.0419. The van der Waals surface area contributed by atoms with Crippen molar-refractivity contribution in [3.63, 3.8) is 0 Å². The van der Waals surface area contributed by atoms with Crippen molar-refractivity contribution in [3.05, 3.63) is 35.4 Å². The van der Waals surface area contributed by atoms with E-state index in [0.717, 1.165) is 11.3 Å². The Balaban J connectivity index is 2.15. The lowest BCUT2D eigenvalue weighted by atomic mass is 10.1. The number of imide groups is 1. The van der Waals surface area contributed by atoms with Crippen LogP contribution in [0.5, 0.6) is 0 Å². The fourth-order valence-corrected chi connectivity index (χ4v) is 1.66. The van der Waals surface area contributed by atoms with Gasteiger partial charge in [0.05, 0.1) is 11.1 Å². The zero-order valence-corrected chi connectivity index (χ0v) is 9.10. The van der Waals surface area contributed by atoms with Crippen molar-refractivity contribution >= 4 is 11.8 Å². The maximum Gasteiger partial charge on any atom is 0.263 e. The molecule has 0 aliphatic carbocycles. The highest BCUT2D eigenvalue weighted by molar-refractivity contribution is 6.21. The Kier molecular flexibility index (Phi) is 3.01. The second kappa shape index (κ2) is 4.45. The average Bonchev–Trinajstić information content (AvgIpc) is 2.55. The number of hydrogen-bond donors (Lipinski definition) is 0. The summed E-state index contributed by atoms with van der Waals surface area (Å²) in [6.45, 7) is 2.57. The van der Waals surface area contributed by atoms with Gasteiger partial charge in [0.25, 0.3) is 11.8 Å². The molecular weight excluding hydrogens is 206 g/mol. The molecule has 0 radical (unpaired) electrons. The van der Waals surface area contributed by atoms with Crippen LogP contribution in [0.3, 0.4) is 0 Å². The van der Waals surface area contributed by atoms with E-state index in [1.165, 1.54) is 0 Å². The van der Waals surface area contributed by atoms with Gasteiger partial charge in [0.15, 0.2) is 0 Å². The van der Waals surface area contributed by atoms with Gasteiger partial charge in [0, 0.05) is 6.61 Å². The number of nitrogens with zero attached hydrogens (tertiary/aromatic N) is 1. The van der Waals surface area contributed by atoms with Crippen LogP contribution in [0.15, 0.2) is 24.3 Å². The highest BCUT2D eigenvalue weighted by Crippen LogP contribution is 2.21. The summed E-state index contributed by atoms with van der Waals surface area (Å²) in [7, 11) is 0. The molecule has 0 atom stereocenters. The molecule has 0 bridgehead atoms. The van der Waals surface area contributed by atoms with Gasteiger partial charge in [-0.25, -0.2) is 4.90 Å². The highest BCUT2D eigenvalue weighted by atomic mass is 16.5. The van der Waals surface area contributed by atoms with E-state index in [4.69, 9.17) is 4.74 Å². The topological polar surface area (TPSA) is 46.6 Å². The summed E-state index contributed by atoms with van der Waals surface area (Å²) in [5.41, 5.74) is 0.931. The van der Waals surface area contributed by atoms with Gasteiger partial charge in [-0.15, -0.1) is 0 Å². The van der Waals surface area contributed by atoms with Crippen molar-refractivity contribution in [2.45, 2.75) is 13.3 Å². The van der Waals surface area contributed by atoms with E-state index < -0.39 is 0 Å². The van der Waals surface area contributed by atoms with Crippen LogP contribution in [0, 0.1) is 0 Å². The summed E-state index contributed by atoms with van der Waals surface area (Å²) in [5, 5.41) is 0. The summed E-state index contributed by atoms with van der Waals surface area (Å²) < 4.78 is 5.22. The number of amides is 2. The van der Waals surface area contributed by atoms with Crippen molar-refractivity contribution in [1.82, 2.24) is 4.90 Å². The number of ether oxygens (including phenoxy) is 1. The molecule has 4 heteroatoms. The monoisotopic (exact) mass is 219 g/mol. The third kappa shape index (κ3) is 1.72. The molecule has 1 aliphatic rings. The van der Waals surface area contributed by atoms with Crippen molar-refractivity contribution in [1.29, 1.82) is 0 Å². The fourth-order valence-electron chi connectivity index (χ4n) is 1.66. The van der Waals surface area contributed by atoms with E-state index in [9.17, 15) is 9.59 Å². The van der Waals surface area contributed by atoms with Crippen molar-refractivity contribution < 1.29 is 14.3 Å². The molecule has 2 rings (SSSR count). The quantitative estimate of drug-likeness (QED) is 0.571. The summed E-state index contributed by atoms with van der Waals surface area (Å²) >= 11 is 0. The van der Waals surface area contributed by atoms with Crippen LogP contribution in [0.4, 0.5) is 0 Å². The minimum Gasteiger partial charge on any atom is -0.361 e. The van der Waals surface area contributed by atoms with E-state index in [1.807, 2.05) is 6.92 Å². The third-order valence-electron chi connectivity index (χ3n) is 2.45. The van der Waals surface area contributed by atoms with Gasteiger partial charge in [-0.3, -0.25) is 9.59 Å². The summed E-state index contributed by atoms with van der Waals surface area (Å²) in [6.07, 6.45) is 0.864. The molecule has 0 fully saturated rings. The normalized spacial score (nSPS) is 14.4. The third-order valence-corrected chi connectivity index (χ3v) is 2.45. The lowest BCUT2D eigenvalue weighted by Gasteiger charge is -2.13. The Morgan fingerprint density at radius 1 is 1.12 bits per heavy atom. The molecule has 2 amide bonds. The van der Waals surface area contributed by atoms with Crippen LogP contribution < -0.4 is 0 Å². The Hall–Kier alpha value is -1.68. The number of hydrogen-bond acceptors (Lipinski definition) is 3. The van der Waals surface area contributed by atoms with E-state index in [0.29, 0.717) is 17.7 Å². The molecule has 0 spiro atoms. The molecular formula is C12H13NO3. The molecule has 0 N–H and O–H groups in total. The maximum absolute atomic E-state index is 11.8. The van der Waals surface area contributed by atoms with Gasteiger partial charge in [0.1, 0.15) is 6.73 Å². The van der Waals surface area contributed by atoms with E-state index in [2.05, 4.69) is 0 Å². The first-order valence-electron chi connectivity index (χ1n) is 5.28. The molecule has 0 unspecified atom stereocenters. The first-order chi connectivity index (χ1) is 7.75. The predicted octanol–water partition coefficient (Wildman–Crippen LogP) is 1.67. The highest BCUT2D eigenvalue weighted by Gasteiger charge is 2.34. The zero-order valence-electron chi connectivity index (χ0n) is 9.10. The first-order valence-corrected chi connectivity index (χ1v) is 5.28. The molecule has 4 nitrogen and oxygen atoms in total. The van der Waals surface area contributed by atoms with Gasteiger partial charge < -0.3 is 4.74 Å². The van der Waals surface area contributed by atoms with Crippen LogP contribution >= 0.6 is 0 Å². The average molecular weight is 219 g/mol. The maximum atomic E-state index is 11.8. The number of fused-ring (bicyclic) bond motifs is 1. The van der Waals surface area contributed by atoms with E-state index in [1.54, 1.807) is 24.3 Å². The van der Waals surface area contributed by atoms with Crippen LogP contribution in [-0.4, -0.2) is 30.1 Å². The standard InChI is InChI=1S/C12H13NO3/c1-2-7-16-8-13-11(14)9-5-3-4-6-10(9)12(13)15/h3-6H,2,7-8H2,1H3. The Labute approximate surface area is 93.8 Å². The van der Waals surface area contributed by atoms with Gasteiger partial charge in [-0.05, 0) is 18.6 Å². The molecule has 0 saturated carbocycles. The number of rotatable bonds is 4. The van der Waals surface area contributed by atoms with Crippen LogP contribution in [-0.2, 0) is 4.74 Å². The van der Waals surface area contributed by atoms with Gasteiger partial charge >= 0.3 is 0 Å². The predicted molar refractivity (Wildman–Crippen MR) is 58.1 cm³/mol. The molecule has 0 saturated heterocycles. The van der Waals surface area contributed by atoms with Crippen LogP contribution in [0.1, 0.15) is 34.1 Å². The first kappa shape index (κ1) is 10.8. The largest absolute Gasteiger partial charge is 0.361 e. The van der Waals surface area contributed by atoms with Gasteiger partial charge in [-0.2, -0.15) is 0 Å². The summed E-state index contributed by atoms with van der Waals surface area (Å²) in [6, 6.07) is 6.83. The minimum atomic E-state index is -0.267. The SMILES string of the molecule is CCCOCN1C(=O)c2ccccc2C1=O. The smallest absolute Gasteiger partial charge is 0.263 e. The van der Waals surface area contributed by atoms with Crippen molar-refractivity contribution in [2.24, 2.45) is 0 Å². The Bertz CT molecular complexity index is 393. The molecule has 1 aromatic rings. The van der Waals surface area contributed by atoms with E-state index in [-0.39, 0.29) is 18.5 Å². The molecule has 1 heterocycles. The Morgan fingerprint density at radius 3 is 2.19 bits per heavy atom. The van der Waals surface area contributed by atoms with Crippen LogP contribution in [0.2, 0.25) is 0 Å². The van der Waals surface area contributed by atoms with Gasteiger partial charge in [-0.1, -0.05) is 19.1 Å². The molecule has 1 aliphatic heterocycles. The molecule has 84 valence electrons. The Morgan fingerprint density at radius 2 is 1.69 bits per heavy atom. The zero-order chi connectivity index (χ0) is 11.5. The number of carbonyl (C=O) groups excluding carboxylic acids is 2.